The van der Waals surface area contributed by atoms with Gasteiger partial charge in [-0.05, 0) is 20.5 Å². The fraction of sp³-hybridized carbons (Fsp3) is 0.727. The van der Waals surface area contributed by atoms with E-state index in [1.807, 2.05) is 25.9 Å². The fourth-order valence-corrected chi connectivity index (χ4v) is 2.20. The van der Waals surface area contributed by atoms with E-state index in [1.54, 1.807) is 0 Å². The third-order valence-electron chi connectivity index (χ3n) is 2.44. The summed E-state index contributed by atoms with van der Waals surface area (Å²) in [5, 5.41) is 18.8. The minimum absolute atomic E-state index is 0.120. The Morgan fingerprint density at radius 1 is 1.28 bits per heavy atom. The minimum atomic E-state index is -0.787. The molecular formula is C11H20N4O2S. The molecule has 6 nitrogen and oxygen atoms in total. The average Bonchev–Trinajstić information content (AvgIpc) is 2.77. The highest BCUT2D eigenvalue weighted by atomic mass is 32.1. The zero-order valence-electron chi connectivity index (χ0n) is 11.1. The van der Waals surface area contributed by atoms with Gasteiger partial charge in [-0.1, -0.05) is 18.3 Å². The zero-order valence-corrected chi connectivity index (χ0v) is 11.9. The largest absolute Gasteiger partial charge is 0.481 e. The third-order valence-corrected chi connectivity index (χ3v) is 3.57. The first-order valence-electron chi connectivity index (χ1n) is 5.96. The molecule has 0 saturated carbocycles. The molecule has 0 aliphatic heterocycles. The van der Waals surface area contributed by atoms with E-state index in [0.717, 1.165) is 29.6 Å². The van der Waals surface area contributed by atoms with Gasteiger partial charge in [0.2, 0.25) is 5.13 Å². The van der Waals surface area contributed by atoms with Crippen LogP contribution in [0.2, 0.25) is 0 Å². The summed E-state index contributed by atoms with van der Waals surface area (Å²) >= 11 is 1.54. The second-order valence-electron chi connectivity index (χ2n) is 4.27. The molecule has 0 aliphatic rings. The number of aromatic nitrogens is 2. The van der Waals surface area contributed by atoms with Crippen LogP contribution in [0.1, 0.15) is 18.4 Å². The van der Waals surface area contributed by atoms with E-state index >= 15 is 0 Å². The van der Waals surface area contributed by atoms with E-state index in [-0.39, 0.29) is 6.42 Å². The number of carboxylic acid groups (broad SMARTS) is 1. The van der Waals surface area contributed by atoms with Crippen LogP contribution < -0.4 is 4.90 Å². The number of rotatable bonds is 8. The van der Waals surface area contributed by atoms with Gasteiger partial charge in [0.25, 0.3) is 0 Å². The smallest absolute Gasteiger partial charge is 0.305 e. The van der Waals surface area contributed by atoms with Gasteiger partial charge >= 0.3 is 5.97 Å². The normalized spacial score (nSPS) is 10.9. The predicted octanol–water partition coefficient (Wildman–Crippen LogP) is 0.943. The van der Waals surface area contributed by atoms with Crippen molar-refractivity contribution in [3.8, 4) is 0 Å². The van der Waals surface area contributed by atoms with Crippen LogP contribution in [0.25, 0.3) is 0 Å². The van der Waals surface area contributed by atoms with Crippen molar-refractivity contribution in [1.82, 2.24) is 15.1 Å². The van der Waals surface area contributed by atoms with Gasteiger partial charge in [-0.15, -0.1) is 10.2 Å². The topological polar surface area (TPSA) is 69.6 Å². The first kappa shape index (κ1) is 14.8. The summed E-state index contributed by atoms with van der Waals surface area (Å²) in [5.74, 6) is -0.787. The van der Waals surface area contributed by atoms with Crippen LogP contribution >= 0.6 is 11.3 Å². The first-order chi connectivity index (χ1) is 8.52. The minimum Gasteiger partial charge on any atom is -0.481 e. The lowest BCUT2D eigenvalue weighted by Crippen LogP contribution is -2.33. The maximum atomic E-state index is 10.7. The van der Waals surface area contributed by atoms with E-state index in [0.29, 0.717) is 6.54 Å². The van der Waals surface area contributed by atoms with Gasteiger partial charge in [0.05, 0.1) is 6.42 Å². The van der Waals surface area contributed by atoms with Gasteiger partial charge in [0, 0.05) is 19.6 Å². The lowest BCUT2D eigenvalue weighted by atomic mass is 10.4. The Bertz CT molecular complexity index is 381. The third kappa shape index (κ3) is 4.97. The molecule has 102 valence electrons. The van der Waals surface area contributed by atoms with E-state index < -0.39 is 5.97 Å². The molecule has 1 rings (SSSR count). The molecule has 1 N–H and O–H groups in total. The highest BCUT2D eigenvalue weighted by molar-refractivity contribution is 7.15. The summed E-state index contributed by atoms with van der Waals surface area (Å²) in [5.41, 5.74) is 0. The number of hydrogen-bond donors (Lipinski definition) is 1. The van der Waals surface area contributed by atoms with Gasteiger partial charge in [-0.25, -0.2) is 0 Å². The molecule has 0 aromatic carbocycles. The van der Waals surface area contributed by atoms with Gasteiger partial charge in [-0.3, -0.25) is 4.79 Å². The number of aliphatic carboxylic acids is 1. The predicted molar refractivity (Wildman–Crippen MR) is 72.3 cm³/mol. The summed E-state index contributed by atoms with van der Waals surface area (Å²) in [7, 11) is 3.99. The van der Waals surface area contributed by atoms with Crippen LogP contribution in [0.5, 0.6) is 0 Å². The van der Waals surface area contributed by atoms with Crippen LogP contribution in [0.15, 0.2) is 0 Å². The Balaban J connectivity index is 2.65. The van der Waals surface area contributed by atoms with Gasteiger partial charge in [0.1, 0.15) is 5.01 Å². The summed E-state index contributed by atoms with van der Waals surface area (Å²) in [6, 6.07) is 0. The number of carbonyl (C=O) groups is 1. The number of hydrogen-bond acceptors (Lipinski definition) is 6. The van der Waals surface area contributed by atoms with Gasteiger partial charge in [-0.2, -0.15) is 0 Å². The van der Waals surface area contributed by atoms with E-state index in [2.05, 4.69) is 15.1 Å². The van der Waals surface area contributed by atoms with Crippen molar-refractivity contribution < 1.29 is 9.90 Å². The maximum Gasteiger partial charge on any atom is 0.305 e. The number of likely N-dealkylation sites (N-methyl/N-ethyl adjacent to an activating group) is 1. The van der Waals surface area contributed by atoms with Crippen LogP contribution in [0.3, 0.4) is 0 Å². The lowest BCUT2D eigenvalue weighted by molar-refractivity contribution is -0.136. The van der Waals surface area contributed by atoms with E-state index in [4.69, 9.17) is 5.11 Å². The van der Waals surface area contributed by atoms with Crippen molar-refractivity contribution in [2.75, 3.05) is 38.6 Å². The number of carboxylic acids is 1. The molecule has 18 heavy (non-hydrogen) atoms. The van der Waals surface area contributed by atoms with Gasteiger partial charge in [0.15, 0.2) is 0 Å². The summed E-state index contributed by atoms with van der Waals surface area (Å²) in [4.78, 5) is 14.7. The number of anilines is 1. The maximum absolute atomic E-state index is 10.7. The SMILES string of the molecule is CCc1nnc(N(CCC(=O)O)CCN(C)C)s1. The van der Waals surface area contributed by atoms with Crippen LogP contribution in [-0.4, -0.2) is 59.9 Å². The number of aryl methyl sites for hydroxylation is 1. The first-order valence-corrected chi connectivity index (χ1v) is 6.78. The molecule has 0 atom stereocenters. The molecule has 7 heteroatoms. The van der Waals surface area contributed by atoms with Crippen molar-refractivity contribution in [3.05, 3.63) is 5.01 Å². The van der Waals surface area contributed by atoms with E-state index in [1.165, 1.54) is 11.3 Å². The Kier molecular flexibility index (Phi) is 6.00. The molecule has 1 aromatic rings. The van der Waals surface area contributed by atoms with Crippen molar-refractivity contribution in [1.29, 1.82) is 0 Å². The van der Waals surface area contributed by atoms with Crippen molar-refractivity contribution in [2.24, 2.45) is 0 Å². The fourth-order valence-electron chi connectivity index (χ4n) is 1.37. The van der Waals surface area contributed by atoms with Crippen molar-refractivity contribution in [3.63, 3.8) is 0 Å². The Labute approximate surface area is 111 Å². The Morgan fingerprint density at radius 2 is 2.00 bits per heavy atom. The summed E-state index contributed by atoms with van der Waals surface area (Å²) < 4.78 is 0. The molecule has 1 aromatic heterocycles. The molecule has 0 saturated heterocycles. The van der Waals surface area contributed by atoms with Crippen LogP contribution in [0, 0.1) is 0 Å². The summed E-state index contributed by atoms with van der Waals surface area (Å²) in [6.07, 6.45) is 0.979. The summed E-state index contributed by atoms with van der Waals surface area (Å²) in [6.45, 7) is 4.13. The average molecular weight is 272 g/mol. The van der Waals surface area contributed by atoms with Crippen LogP contribution in [0.4, 0.5) is 5.13 Å². The molecule has 0 bridgehead atoms. The molecule has 1 heterocycles. The molecule has 0 radical (unpaired) electrons. The molecule has 0 spiro atoms. The second kappa shape index (κ2) is 7.27. The molecule has 0 aliphatic carbocycles. The monoisotopic (exact) mass is 272 g/mol. The van der Waals surface area contributed by atoms with Crippen LogP contribution in [-0.2, 0) is 11.2 Å². The van der Waals surface area contributed by atoms with Crippen molar-refractivity contribution in [2.45, 2.75) is 19.8 Å². The lowest BCUT2D eigenvalue weighted by Gasteiger charge is -2.22. The molecular weight excluding hydrogens is 252 g/mol. The number of nitrogens with zero attached hydrogens (tertiary/aromatic N) is 4. The molecule has 0 fully saturated rings. The van der Waals surface area contributed by atoms with Gasteiger partial charge < -0.3 is 14.9 Å². The van der Waals surface area contributed by atoms with Crippen molar-refractivity contribution >= 4 is 22.4 Å². The highest BCUT2D eigenvalue weighted by Crippen LogP contribution is 2.20. The Morgan fingerprint density at radius 3 is 2.50 bits per heavy atom. The quantitative estimate of drug-likeness (QED) is 0.759. The molecule has 0 unspecified atom stereocenters. The van der Waals surface area contributed by atoms with E-state index in [9.17, 15) is 4.79 Å². The Hall–Kier alpha value is -1.21. The standard InChI is InChI=1S/C11H20N4O2S/c1-4-9-12-13-11(18-9)15(6-5-10(16)17)8-7-14(2)3/h4-8H2,1-3H3,(H,16,17). The second-order valence-corrected chi connectivity index (χ2v) is 5.31. The zero-order chi connectivity index (χ0) is 13.5. The highest BCUT2D eigenvalue weighted by Gasteiger charge is 2.13. The molecule has 0 amide bonds.